The number of nitrogens with one attached hydrogen (secondary N) is 1. The lowest BCUT2D eigenvalue weighted by molar-refractivity contribution is -0.128. The Morgan fingerprint density at radius 1 is 1.12 bits per heavy atom. The van der Waals surface area contributed by atoms with Crippen molar-refractivity contribution in [3.8, 4) is 5.75 Å². The van der Waals surface area contributed by atoms with Crippen LogP contribution in [0.5, 0.6) is 5.75 Å². The molecule has 132 valence electrons. The zero-order chi connectivity index (χ0) is 18.6. The van der Waals surface area contributed by atoms with E-state index in [2.05, 4.69) is 10.1 Å². The Morgan fingerprint density at radius 3 is 2.36 bits per heavy atom. The highest BCUT2D eigenvalue weighted by Gasteiger charge is 2.30. The number of carbonyl (C=O) groups excluding carboxylic acids is 2. The van der Waals surface area contributed by atoms with E-state index in [-0.39, 0.29) is 16.3 Å². The normalized spacial score (nSPS) is 10.9. The Labute approximate surface area is 149 Å². The average Bonchev–Trinajstić information content (AvgIpc) is 2.58. The number of carbonyl (C=O) groups is 2. The second-order valence-corrected chi connectivity index (χ2v) is 6.11. The predicted molar refractivity (Wildman–Crippen MR) is 92.5 cm³/mol. The topological polar surface area (TPSA) is 64.6 Å². The molecule has 1 N–H and O–H groups in total. The van der Waals surface area contributed by atoms with Crippen molar-refractivity contribution in [3.05, 3.63) is 58.9 Å². The van der Waals surface area contributed by atoms with E-state index in [9.17, 15) is 14.0 Å². The van der Waals surface area contributed by atoms with Crippen molar-refractivity contribution in [2.24, 2.45) is 0 Å². The molecule has 0 aromatic heterocycles. The number of methoxy groups -OCH3 is 1. The zero-order valence-corrected chi connectivity index (χ0v) is 14.7. The number of rotatable bonds is 5. The van der Waals surface area contributed by atoms with E-state index in [1.54, 1.807) is 13.8 Å². The minimum absolute atomic E-state index is 0.249. The third kappa shape index (κ3) is 4.70. The van der Waals surface area contributed by atoms with Crippen molar-refractivity contribution < 1.29 is 23.5 Å². The molecule has 0 atom stereocenters. The smallest absolute Gasteiger partial charge is 0.337 e. The predicted octanol–water partition coefficient (Wildman–Crippen LogP) is 4.06. The lowest BCUT2D eigenvalue weighted by atomic mass is 10.1. The van der Waals surface area contributed by atoms with Crippen LogP contribution in [-0.2, 0) is 9.53 Å². The number of hydrogen-bond donors (Lipinski definition) is 1. The summed E-state index contributed by atoms with van der Waals surface area (Å²) in [5.41, 5.74) is -0.757. The van der Waals surface area contributed by atoms with E-state index in [0.717, 1.165) is 0 Å². The number of esters is 1. The number of ether oxygens (including phenoxy) is 2. The Balaban J connectivity index is 2.17. The Hall–Kier alpha value is -2.60. The first-order valence-electron chi connectivity index (χ1n) is 7.37. The van der Waals surface area contributed by atoms with Gasteiger partial charge in [-0.05, 0) is 56.3 Å². The summed E-state index contributed by atoms with van der Waals surface area (Å²) in [4.78, 5) is 24.1. The van der Waals surface area contributed by atoms with Gasteiger partial charge in [0, 0.05) is 0 Å². The molecule has 0 aliphatic carbocycles. The van der Waals surface area contributed by atoms with Crippen LogP contribution in [0.15, 0.2) is 42.5 Å². The van der Waals surface area contributed by atoms with Gasteiger partial charge in [0.1, 0.15) is 11.6 Å². The molecular formula is C18H17ClFNO4. The quantitative estimate of drug-likeness (QED) is 0.811. The van der Waals surface area contributed by atoms with Gasteiger partial charge in [-0.25, -0.2) is 9.18 Å². The molecule has 7 heteroatoms. The summed E-state index contributed by atoms with van der Waals surface area (Å²) in [5.74, 6) is -1.09. The van der Waals surface area contributed by atoms with E-state index in [0.29, 0.717) is 5.75 Å². The van der Waals surface area contributed by atoms with Crippen LogP contribution in [0.3, 0.4) is 0 Å². The summed E-state index contributed by atoms with van der Waals surface area (Å²) < 4.78 is 23.2. The average molecular weight is 366 g/mol. The molecule has 2 aromatic carbocycles. The lowest BCUT2D eigenvalue weighted by Gasteiger charge is -2.25. The number of amides is 1. The molecule has 0 spiro atoms. The van der Waals surface area contributed by atoms with Gasteiger partial charge in [-0.15, -0.1) is 0 Å². The number of anilines is 1. The van der Waals surface area contributed by atoms with Gasteiger partial charge in [-0.3, -0.25) is 4.79 Å². The van der Waals surface area contributed by atoms with Crippen molar-refractivity contribution in [2.75, 3.05) is 12.4 Å². The molecule has 2 rings (SSSR count). The summed E-state index contributed by atoms with van der Waals surface area (Å²) in [7, 11) is 1.26. The first kappa shape index (κ1) is 18.7. The molecule has 0 saturated carbocycles. The molecule has 0 unspecified atom stereocenters. The van der Waals surface area contributed by atoms with Gasteiger partial charge in [0.15, 0.2) is 5.60 Å². The Morgan fingerprint density at radius 2 is 1.76 bits per heavy atom. The van der Waals surface area contributed by atoms with Crippen LogP contribution >= 0.6 is 11.6 Å². The minimum Gasteiger partial charge on any atom is -0.478 e. The van der Waals surface area contributed by atoms with Crippen LogP contribution in [0, 0.1) is 5.82 Å². The summed E-state index contributed by atoms with van der Waals surface area (Å²) in [6, 6.07) is 9.71. The fraction of sp³-hybridized carbons (Fsp3) is 0.222. The maximum Gasteiger partial charge on any atom is 0.337 e. The van der Waals surface area contributed by atoms with Gasteiger partial charge in [0.2, 0.25) is 0 Å². The van der Waals surface area contributed by atoms with E-state index < -0.39 is 23.3 Å². The van der Waals surface area contributed by atoms with Crippen molar-refractivity contribution in [1.29, 1.82) is 0 Å². The molecule has 0 saturated heterocycles. The third-order valence-corrected chi connectivity index (χ3v) is 3.70. The highest BCUT2D eigenvalue weighted by atomic mass is 35.5. The van der Waals surface area contributed by atoms with E-state index in [1.165, 1.54) is 49.6 Å². The van der Waals surface area contributed by atoms with Crippen LogP contribution < -0.4 is 10.1 Å². The summed E-state index contributed by atoms with van der Waals surface area (Å²) in [6.45, 7) is 3.12. The largest absolute Gasteiger partial charge is 0.478 e. The van der Waals surface area contributed by atoms with Crippen molar-refractivity contribution >= 4 is 29.2 Å². The van der Waals surface area contributed by atoms with E-state index in [1.807, 2.05) is 0 Å². The third-order valence-electron chi connectivity index (χ3n) is 3.37. The van der Waals surface area contributed by atoms with Crippen LogP contribution in [0.1, 0.15) is 24.2 Å². The first-order chi connectivity index (χ1) is 11.7. The fourth-order valence-electron chi connectivity index (χ4n) is 1.98. The van der Waals surface area contributed by atoms with Crippen LogP contribution in [0.2, 0.25) is 5.02 Å². The molecule has 0 aliphatic rings. The number of benzene rings is 2. The van der Waals surface area contributed by atoms with Crippen LogP contribution in [0.4, 0.5) is 10.1 Å². The molecule has 0 fully saturated rings. The van der Waals surface area contributed by atoms with Crippen LogP contribution in [0.25, 0.3) is 0 Å². The van der Waals surface area contributed by atoms with E-state index >= 15 is 0 Å². The molecule has 0 heterocycles. The van der Waals surface area contributed by atoms with Gasteiger partial charge >= 0.3 is 5.97 Å². The fourth-order valence-corrected chi connectivity index (χ4v) is 2.15. The highest BCUT2D eigenvalue weighted by Crippen LogP contribution is 2.26. The van der Waals surface area contributed by atoms with Gasteiger partial charge in [-0.1, -0.05) is 11.6 Å². The maximum absolute atomic E-state index is 13.0. The zero-order valence-electron chi connectivity index (χ0n) is 13.9. The minimum atomic E-state index is -1.26. The molecule has 5 nitrogen and oxygen atoms in total. The first-order valence-corrected chi connectivity index (χ1v) is 7.74. The van der Waals surface area contributed by atoms with Gasteiger partial charge in [0.25, 0.3) is 5.91 Å². The molecule has 0 radical (unpaired) electrons. The molecule has 1 amide bonds. The standard InChI is InChI=1S/C18H17ClFNO4/c1-18(2,25-13-7-5-12(20)6-8-13)17(23)21-15-10-11(16(22)24-3)4-9-14(15)19/h4-10H,1-3H3,(H,21,23). The molecule has 2 aromatic rings. The summed E-state index contributed by atoms with van der Waals surface area (Å²) >= 11 is 6.07. The lowest BCUT2D eigenvalue weighted by Crippen LogP contribution is -2.42. The SMILES string of the molecule is COC(=O)c1ccc(Cl)c(NC(=O)C(C)(C)Oc2ccc(F)cc2)c1. The second kappa shape index (κ2) is 7.53. The molecule has 25 heavy (non-hydrogen) atoms. The van der Waals surface area contributed by atoms with Gasteiger partial charge in [-0.2, -0.15) is 0 Å². The van der Waals surface area contributed by atoms with Crippen molar-refractivity contribution in [1.82, 2.24) is 0 Å². The van der Waals surface area contributed by atoms with Gasteiger partial charge in [0.05, 0.1) is 23.4 Å². The monoisotopic (exact) mass is 365 g/mol. The van der Waals surface area contributed by atoms with Gasteiger partial charge < -0.3 is 14.8 Å². The molecule has 0 bridgehead atoms. The van der Waals surface area contributed by atoms with Crippen molar-refractivity contribution in [2.45, 2.75) is 19.4 Å². The Bertz CT molecular complexity index is 790. The molecular weight excluding hydrogens is 349 g/mol. The van der Waals surface area contributed by atoms with Crippen molar-refractivity contribution in [3.63, 3.8) is 0 Å². The summed E-state index contributed by atoms with van der Waals surface area (Å²) in [6.07, 6.45) is 0. The highest BCUT2D eigenvalue weighted by molar-refractivity contribution is 6.34. The number of halogens is 2. The van der Waals surface area contributed by atoms with Crippen LogP contribution in [-0.4, -0.2) is 24.6 Å². The Kier molecular flexibility index (Phi) is 5.64. The number of hydrogen-bond acceptors (Lipinski definition) is 4. The maximum atomic E-state index is 13.0. The van der Waals surface area contributed by atoms with E-state index in [4.69, 9.17) is 16.3 Å². The summed E-state index contributed by atoms with van der Waals surface area (Å²) in [5, 5.41) is 2.89. The molecule has 0 aliphatic heterocycles. The second-order valence-electron chi connectivity index (χ2n) is 5.71.